The maximum atomic E-state index is 2.39. The van der Waals surface area contributed by atoms with Crippen molar-refractivity contribution in [2.75, 3.05) is 13.1 Å². The number of hydrogen-bond donors (Lipinski definition) is 0. The molecule has 0 atom stereocenters. The molecule has 2 heterocycles. The lowest BCUT2D eigenvalue weighted by atomic mass is 10.1. The quantitative estimate of drug-likeness (QED) is 0.486. The average Bonchev–Trinajstić information content (AvgIpc) is 2.05. The van der Waals surface area contributed by atoms with Crippen molar-refractivity contribution in [3.8, 4) is 0 Å². The van der Waals surface area contributed by atoms with E-state index in [-0.39, 0.29) is 0 Å². The van der Waals surface area contributed by atoms with E-state index in [4.69, 9.17) is 0 Å². The largest absolute Gasteiger partial charge is 0.367 e. The predicted molar refractivity (Wildman–Crippen MR) is 42.6 cm³/mol. The lowest BCUT2D eigenvalue weighted by molar-refractivity contribution is 0.385. The van der Waals surface area contributed by atoms with Crippen LogP contribution in [0.25, 0.3) is 0 Å². The van der Waals surface area contributed by atoms with Crippen molar-refractivity contribution in [1.82, 2.24) is 4.90 Å². The highest BCUT2D eigenvalue weighted by Gasteiger charge is 2.09. The fourth-order valence-electron chi connectivity index (χ4n) is 1.38. The van der Waals surface area contributed by atoms with Crippen LogP contribution in [0.2, 0.25) is 0 Å². The van der Waals surface area contributed by atoms with Gasteiger partial charge in [-0.25, -0.2) is 0 Å². The van der Waals surface area contributed by atoms with Gasteiger partial charge in [0.15, 0.2) is 0 Å². The molecule has 0 bridgehead atoms. The van der Waals surface area contributed by atoms with Gasteiger partial charge in [0.2, 0.25) is 0 Å². The summed E-state index contributed by atoms with van der Waals surface area (Å²) in [6, 6.07) is 0. The normalized spacial score (nSPS) is 22.4. The second-order valence-corrected chi connectivity index (χ2v) is 2.66. The van der Waals surface area contributed by atoms with Gasteiger partial charge in [-0.2, -0.15) is 0 Å². The van der Waals surface area contributed by atoms with Crippen molar-refractivity contribution in [2.45, 2.75) is 6.42 Å². The van der Waals surface area contributed by atoms with Crippen molar-refractivity contribution in [3.05, 3.63) is 36.1 Å². The molecule has 0 N–H and O–H groups in total. The topological polar surface area (TPSA) is 3.24 Å². The molecule has 2 aliphatic heterocycles. The molecule has 0 unspecified atom stereocenters. The first-order valence-electron chi connectivity index (χ1n) is 3.75. The number of hydrogen-bond acceptors (Lipinski definition) is 1. The lowest BCUT2D eigenvalue weighted by Crippen LogP contribution is -2.26. The lowest BCUT2D eigenvalue weighted by Gasteiger charge is -2.28. The second-order valence-electron chi connectivity index (χ2n) is 2.66. The van der Waals surface area contributed by atoms with E-state index < -0.39 is 0 Å². The Morgan fingerprint density at radius 3 is 3.20 bits per heavy atom. The molecule has 1 nitrogen and oxygen atoms in total. The van der Waals surface area contributed by atoms with Crippen molar-refractivity contribution in [2.24, 2.45) is 0 Å². The highest BCUT2D eigenvalue weighted by molar-refractivity contribution is 5.28. The highest BCUT2D eigenvalue weighted by Crippen LogP contribution is 2.15. The Labute approximate surface area is 61.3 Å². The van der Waals surface area contributed by atoms with Gasteiger partial charge >= 0.3 is 0 Å². The monoisotopic (exact) mass is 133 g/mol. The predicted octanol–water partition coefficient (Wildman–Crippen LogP) is 1.70. The Balaban J connectivity index is 2.27. The van der Waals surface area contributed by atoms with Gasteiger partial charge in [-0.1, -0.05) is 18.2 Å². The summed E-state index contributed by atoms with van der Waals surface area (Å²) < 4.78 is 0. The molecular weight excluding hydrogens is 122 g/mol. The van der Waals surface area contributed by atoms with Gasteiger partial charge in [0, 0.05) is 18.8 Å². The molecule has 0 radical (unpaired) electrons. The molecule has 0 aliphatic carbocycles. The van der Waals surface area contributed by atoms with Crippen LogP contribution in [0.1, 0.15) is 6.42 Å². The van der Waals surface area contributed by atoms with Crippen LogP contribution >= 0.6 is 0 Å². The third-order valence-corrected chi connectivity index (χ3v) is 1.95. The first-order chi connectivity index (χ1) is 4.97. The Bertz CT molecular complexity index is 211. The maximum Gasteiger partial charge on any atom is 0.0365 e. The van der Waals surface area contributed by atoms with E-state index in [0.29, 0.717) is 0 Å². The SMILES string of the molecule is C1=CCN2CCC=CC2=C1. The van der Waals surface area contributed by atoms with Crippen molar-refractivity contribution < 1.29 is 0 Å². The summed E-state index contributed by atoms with van der Waals surface area (Å²) in [5.74, 6) is 0. The van der Waals surface area contributed by atoms with E-state index in [1.54, 1.807) is 0 Å². The molecule has 0 fully saturated rings. The first kappa shape index (κ1) is 5.78. The van der Waals surface area contributed by atoms with E-state index in [1.165, 1.54) is 18.7 Å². The summed E-state index contributed by atoms with van der Waals surface area (Å²) in [6.45, 7) is 2.28. The molecule has 0 saturated carbocycles. The molecule has 52 valence electrons. The number of rotatable bonds is 0. The minimum Gasteiger partial charge on any atom is -0.367 e. The van der Waals surface area contributed by atoms with Gasteiger partial charge in [0.25, 0.3) is 0 Å². The van der Waals surface area contributed by atoms with Crippen molar-refractivity contribution in [1.29, 1.82) is 0 Å². The summed E-state index contributed by atoms with van der Waals surface area (Å²) in [4.78, 5) is 2.39. The van der Waals surface area contributed by atoms with Gasteiger partial charge in [-0.15, -0.1) is 0 Å². The third-order valence-electron chi connectivity index (χ3n) is 1.95. The molecule has 0 spiro atoms. The minimum absolute atomic E-state index is 1.09. The zero-order chi connectivity index (χ0) is 6.81. The van der Waals surface area contributed by atoms with E-state index in [0.717, 1.165) is 6.54 Å². The van der Waals surface area contributed by atoms with Crippen LogP contribution < -0.4 is 0 Å². The molecule has 0 aromatic heterocycles. The van der Waals surface area contributed by atoms with E-state index in [1.807, 2.05) is 0 Å². The summed E-state index contributed by atoms with van der Waals surface area (Å²) in [5, 5.41) is 0. The van der Waals surface area contributed by atoms with Gasteiger partial charge in [-0.3, -0.25) is 0 Å². The molecule has 0 aromatic carbocycles. The van der Waals surface area contributed by atoms with E-state index >= 15 is 0 Å². The minimum atomic E-state index is 1.09. The fourth-order valence-corrected chi connectivity index (χ4v) is 1.38. The molecule has 0 saturated heterocycles. The Kier molecular flexibility index (Phi) is 1.35. The standard InChI is InChI=1S/C9H11N/c1-3-7-10-8-4-2-6-9(10)5-1/h1-3,5-6H,4,7-8H2. The van der Waals surface area contributed by atoms with Crippen LogP contribution in [0.15, 0.2) is 36.1 Å². The number of fused-ring (bicyclic) bond motifs is 1. The zero-order valence-electron chi connectivity index (χ0n) is 5.96. The maximum absolute atomic E-state index is 2.39. The Morgan fingerprint density at radius 1 is 1.30 bits per heavy atom. The summed E-state index contributed by atoms with van der Waals surface area (Å²) in [5.41, 5.74) is 1.37. The molecule has 10 heavy (non-hydrogen) atoms. The van der Waals surface area contributed by atoms with Crippen molar-refractivity contribution in [3.63, 3.8) is 0 Å². The van der Waals surface area contributed by atoms with Crippen LogP contribution in [0.5, 0.6) is 0 Å². The smallest absolute Gasteiger partial charge is 0.0365 e. The number of allylic oxidation sites excluding steroid dienone is 3. The molecular formula is C9H11N. The molecule has 2 aliphatic rings. The Hall–Kier alpha value is -0.980. The molecule has 0 amide bonds. The summed E-state index contributed by atoms with van der Waals surface area (Å²) in [6.07, 6.45) is 12.1. The Morgan fingerprint density at radius 2 is 2.30 bits per heavy atom. The third kappa shape index (κ3) is 0.878. The van der Waals surface area contributed by atoms with Crippen LogP contribution in [0.3, 0.4) is 0 Å². The van der Waals surface area contributed by atoms with Crippen LogP contribution in [0.4, 0.5) is 0 Å². The molecule has 1 heteroatoms. The van der Waals surface area contributed by atoms with E-state index in [9.17, 15) is 0 Å². The summed E-state index contributed by atoms with van der Waals surface area (Å²) >= 11 is 0. The fraction of sp³-hybridized carbons (Fsp3) is 0.333. The van der Waals surface area contributed by atoms with Gasteiger partial charge in [-0.05, 0) is 18.6 Å². The van der Waals surface area contributed by atoms with Crippen LogP contribution in [-0.4, -0.2) is 18.0 Å². The first-order valence-corrected chi connectivity index (χ1v) is 3.75. The van der Waals surface area contributed by atoms with Gasteiger partial charge in [0.05, 0.1) is 0 Å². The highest BCUT2D eigenvalue weighted by atomic mass is 15.1. The van der Waals surface area contributed by atoms with Crippen molar-refractivity contribution >= 4 is 0 Å². The van der Waals surface area contributed by atoms with Gasteiger partial charge in [0.1, 0.15) is 0 Å². The van der Waals surface area contributed by atoms with E-state index in [2.05, 4.69) is 35.3 Å². The van der Waals surface area contributed by atoms with Gasteiger partial charge < -0.3 is 4.90 Å². The molecule has 2 rings (SSSR count). The second kappa shape index (κ2) is 2.33. The molecule has 0 aromatic rings. The average molecular weight is 133 g/mol. The summed E-state index contributed by atoms with van der Waals surface area (Å²) in [7, 11) is 0. The zero-order valence-corrected chi connectivity index (χ0v) is 5.96. The van der Waals surface area contributed by atoms with Crippen LogP contribution in [-0.2, 0) is 0 Å². The number of nitrogens with zero attached hydrogens (tertiary/aromatic N) is 1. The van der Waals surface area contributed by atoms with Crippen LogP contribution in [0, 0.1) is 0 Å².